The molecule has 126 valence electrons. The fraction of sp³-hybridized carbons (Fsp3) is 0.471. The van der Waals surface area contributed by atoms with E-state index < -0.39 is 0 Å². The van der Waals surface area contributed by atoms with E-state index in [1.54, 1.807) is 6.20 Å². The molecule has 1 saturated heterocycles. The minimum absolute atomic E-state index is 0.196. The monoisotopic (exact) mass is 326 g/mol. The van der Waals surface area contributed by atoms with Crippen LogP contribution in [0.4, 0.5) is 5.82 Å². The molecule has 1 aliphatic rings. The van der Waals surface area contributed by atoms with Crippen LogP contribution in [0.2, 0.25) is 0 Å². The zero-order valence-corrected chi connectivity index (χ0v) is 14.5. The molecule has 0 radical (unpaired) electrons. The van der Waals surface area contributed by atoms with Crippen LogP contribution >= 0.6 is 0 Å². The molecule has 0 aliphatic carbocycles. The first-order valence-corrected chi connectivity index (χ1v) is 8.27. The molecular weight excluding hydrogens is 304 g/mol. The second-order valence-electron chi connectivity index (χ2n) is 6.58. The van der Waals surface area contributed by atoms with Gasteiger partial charge in [0.25, 0.3) is 0 Å². The highest BCUT2D eigenvalue weighted by Crippen LogP contribution is 2.25. The number of aryl methyl sites for hydroxylation is 2. The lowest BCUT2D eigenvalue weighted by Gasteiger charge is -2.36. The quantitative estimate of drug-likeness (QED) is 0.721. The summed E-state index contributed by atoms with van der Waals surface area (Å²) in [4.78, 5) is 11.4. The first-order valence-electron chi connectivity index (χ1n) is 8.27. The van der Waals surface area contributed by atoms with Gasteiger partial charge in [-0.25, -0.2) is 9.97 Å². The minimum atomic E-state index is 0.196. The van der Waals surface area contributed by atoms with Gasteiger partial charge >= 0.3 is 0 Å². The Kier molecular flexibility index (Phi) is 3.53. The van der Waals surface area contributed by atoms with Gasteiger partial charge in [0.05, 0.1) is 12.2 Å². The maximum Gasteiger partial charge on any atom is 0.160 e. The van der Waals surface area contributed by atoms with Gasteiger partial charge in [-0.1, -0.05) is 0 Å². The Labute approximate surface area is 140 Å². The number of imidazole rings is 1. The number of rotatable bonds is 2. The Morgan fingerprint density at radius 2 is 1.92 bits per heavy atom. The van der Waals surface area contributed by atoms with Gasteiger partial charge in [0, 0.05) is 50.4 Å². The zero-order chi connectivity index (χ0) is 16.8. The van der Waals surface area contributed by atoms with E-state index in [4.69, 9.17) is 9.84 Å². The Morgan fingerprint density at radius 1 is 1.17 bits per heavy atom. The molecule has 3 aromatic heterocycles. The first kappa shape index (κ1) is 15.1. The zero-order valence-electron chi connectivity index (χ0n) is 14.5. The summed E-state index contributed by atoms with van der Waals surface area (Å²) in [6.07, 6.45) is 4.10. The van der Waals surface area contributed by atoms with Gasteiger partial charge in [-0.2, -0.15) is 9.61 Å². The van der Waals surface area contributed by atoms with Gasteiger partial charge < -0.3 is 14.2 Å². The summed E-state index contributed by atoms with van der Waals surface area (Å²) in [5.74, 6) is 1.90. The summed E-state index contributed by atoms with van der Waals surface area (Å²) < 4.78 is 9.74. The van der Waals surface area contributed by atoms with Crippen LogP contribution in [0.1, 0.15) is 19.5 Å². The fourth-order valence-electron chi connectivity index (χ4n) is 3.39. The van der Waals surface area contributed by atoms with Crippen molar-refractivity contribution in [3.63, 3.8) is 0 Å². The van der Waals surface area contributed by atoms with E-state index in [2.05, 4.69) is 34.8 Å². The summed E-state index contributed by atoms with van der Waals surface area (Å²) in [6, 6.07) is 4.08. The van der Waals surface area contributed by atoms with Crippen LogP contribution in [-0.4, -0.2) is 49.4 Å². The molecule has 1 fully saturated rings. The number of anilines is 1. The largest absolute Gasteiger partial charge is 0.372 e. The van der Waals surface area contributed by atoms with Crippen LogP contribution in [-0.2, 0) is 11.8 Å². The Bertz CT molecular complexity index is 872. The molecule has 7 nitrogen and oxygen atoms in total. The van der Waals surface area contributed by atoms with Crippen LogP contribution < -0.4 is 4.90 Å². The summed E-state index contributed by atoms with van der Waals surface area (Å²) in [6.45, 7) is 7.93. The molecule has 1 aliphatic heterocycles. The van der Waals surface area contributed by atoms with Crippen LogP contribution in [0.5, 0.6) is 0 Å². The van der Waals surface area contributed by atoms with Gasteiger partial charge in [0.1, 0.15) is 11.5 Å². The summed E-state index contributed by atoms with van der Waals surface area (Å²) in [5.41, 5.74) is 2.65. The van der Waals surface area contributed by atoms with Crippen molar-refractivity contribution in [1.82, 2.24) is 24.1 Å². The molecule has 0 spiro atoms. The standard InChI is InChI=1S/C17H22N6O/c1-11-7-16(22-9-12(2)24-13(3)10-22)23-15(19-11)8-14(20-23)17-18-5-6-21(17)4/h5-8,12-13H,9-10H2,1-4H3/t12-,13-/m0/s1. The average molecular weight is 326 g/mol. The minimum Gasteiger partial charge on any atom is -0.372 e. The van der Waals surface area contributed by atoms with Gasteiger partial charge in [-0.15, -0.1) is 0 Å². The Hall–Kier alpha value is -2.41. The van der Waals surface area contributed by atoms with Crippen molar-refractivity contribution in [2.75, 3.05) is 18.0 Å². The normalized spacial score (nSPS) is 21.6. The van der Waals surface area contributed by atoms with Crippen LogP contribution in [0.3, 0.4) is 0 Å². The van der Waals surface area contributed by atoms with Gasteiger partial charge in [0.15, 0.2) is 11.5 Å². The molecule has 0 N–H and O–H groups in total. The van der Waals surface area contributed by atoms with Crippen molar-refractivity contribution in [1.29, 1.82) is 0 Å². The highest BCUT2D eigenvalue weighted by atomic mass is 16.5. The summed E-state index contributed by atoms with van der Waals surface area (Å²) in [5, 5.41) is 4.77. The number of aromatic nitrogens is 5. The van der Waals surface area contributed by atoms with E-state index >= 15 is 0 Å². The van der Waals surface area contributed by atoms with Crippen molar-refractivity contribution >= 4 is 11.5 Å². The second kappa shape index (κ2) is 5.59. The van der Waals surface area contributed by atoms with E-state index in [9.17, 15) is 0 Å². The van der Waals surface area contributed by atoms with E-state index in [1.165, 1.54) is 0 Å². The molecule has 0 saturated carbocycles. The maximum absolute atomic E-state index is 5.86. The highest BCUT2D eigenvalue weighted by Gasteiger charge is 2.25. The number of ether oxygens (including phenoxy) is 1. The van der Waals surface area contributed by atoms with Gasteiger partial charge in [-0.3, -0.25) is 0 Å². The topological polar surface area (TPSA) is 60.5 Å². The van der Waals surface area contributed by atoms with Crippen molar-refractivity contribution in [2.45, 2.75) is 33.0 Å². The average Bonchev–Trinajstić information content (AvgIpc) is 3.10. The van der Waals surface area contributed by atoms with Gasteiger partial charge in [0.2, 0.25) is 0 Å². The van der Waals surface area contributed by atoms with Gasteiger partial charge in [-0.05, 0) is 20.8 Å². The molecule has 4 heterocycles. The molecule has 3 aromatic rings. The van der Waals surface area contributed by atoms with Crippen LogP contribution in [0.25, 0.3) is 17.2 Å². The lowest BCUT2D eigenvalue weighted by Crippen LogP contribution is -2.46. The smallest absolute Gasteiger partial charge is 0.160 e. The molecule has 0 aromatic carbocycles. The molecule has 7 heteroatoms. The summed E-state index contributed by atoms with van der Waals surface area (Å²) in [7, 11) is 1.97. The molecule has 0 amide bonds. The number of hydrogen-bond donors (Lipinski definition) is 0. The molecule has 4 rings (SSSR count). The third kappa shape index (κ3) is 2.54. The first-order chi connectivity index (χ1) is 11.5. The number of morpholine rings is 1. The lowest BCUT2D eigenvalue weighted by molar-refractivity contribution is -0.00557. The third-order valence-electron chi connectivity index (χ3n) is 4.33. The second-order valence-corrected chi connectivity index (χ2v) is 6.58. The van der Waals surface area contributed by atoms with Crippen molar-refractivity contribution < 1.29 is 4.74 Å². The third-order valence-corrected chi connectivity index (χ3v) is 4.33. The predicted molar refractivity (Wildman–Crippen MR) is 92.1 cm³/mol. The lowest BCUT2D eigenvalue weighted by atomic mass is 10.2. The molecule has 0 bridgehead atoms. The molecule has 24 heavy (non-hydrogen) atoms. The maximum atomic E-state index is 5.86. The number of fused-ring (bicyclic) bond motifs is 1. The Balaban J connectivity index is 1.83. The summed E-state index contributed by atoms with van der Waals surface area (Å²) >= 11 is 0. The predicted octanol–water partition coefficient (Wildman–Crippen LogP) is 2.05. The van der Waals surface area contributed by atoms with E-state index in [-0.39, 0.29) is 12.2 Å². The number of nitrogens with zero attached hydrogens (tertiary/aromatic N) is 6. The van der Waals surface area contributed by atoms with E-state index in [0.717, 1.165) is 41.8 Å². The molecule has 2 atom stereocenters. The van der Waals surface area contributed by atoms with Crippen LogP contribution in [0.15, 0.2) is 24.5 Å². The Morgan fingerprint density at radius 3 is 2.58 bits per heavy atom. The SMILES string of the molecule is Cc1cc(N2C[C@H](C)O[C@@H](C)C2)n2nc(-c3nccn3C)cc2n1. The van der Waals surface area contributed by atoms with E-state index in [0.29, 0.717) is 0 Å². The van der Waals surface area contributed by atoms with Crippen molar-refractivity contribution in [3.8, 4) is 11.5 Å². The fourth-order valence-corrected chi connectivity index (χ4v) is 3.39. The number of hydrogen-bond acceptors (Lipinski definition) is 5. The van der Waals surface area contributed by atoms with Crippen molar-refractivity contribution in [3.05, 3.63) is 30.2 Å². The molecular formula is C17H22N6O. The van der Waals surface area contributed by atoms with Crippen LogP contribution in [0, 0.1) is 6.92 Å². The van der Waals surface area contributed by atoms with E-state index in [1.807, 2.05) is 35.3 Å². The highest BCUT2D eigenvalue weighted by molar-refractivity contribution is 5.61. The van der Waals surface area contributed by atoms with Crippen molar-refractivity contribution in [2.24, 2.45) is 7.05 Å². The molecule has 0 unspecified atom stereocenters.